The van der Waals surface area contributed by atoms with Crippen molar-refractivity contribution in [3.63, 3.8) is 0 Å². The van der Waals surface area contributed by atoms with Gasteiger partial charge in [-0.1, -0.05) is 6.07 Å². The number of nitrogens with one attached hydrogen (secondary N) is 2. The number of ether oxygens (including phenoxy) is 1. The van der Waals surface area contributed by atoms with E-state index in [2.05, 4.69) is 15.4 Å². The molecule has 0 unspecified atom stereocenters. The van der Waals surface area contributed by atoms with Crippen LogP contribution in [0.25, 0.3) is 0 Å². The second kappa shape index (κ2) is 8.54. The van der Waals surface area contributed by atoms with Crippen LogP contribution < -0.4 is 10.6 Å². The molecule has 0 aliphatic rings. The third-order valence-corrected chi connectivity index (χ3v) is 3.05. The highest BCUT2D eigenvalue weighted by atomic mass is 16.5. The summed E-state index contributed by atoms with van der Waals surface area (Å²) >= 11 is 0. The van der Waals surface area contributed by atoms with Crippen molar-refractivity contribution in [1.29, 1.82) is 5.26 Å². The van der Waals surface area contributed by atoms with E-state index in [4.69, 9.17) is 5.26 Å². The van der Waals surface area contributed by atoms with Gasteiger partial charge in [-0.2, -0.15) is 5.26 Å². The van der Waals surface area contributed by atoms with E-state index in [1.165, 1.54) is 20.1 Å². The van der Waals surface area contributed by atoms with Gasteiger partial charge in [-0.05, 0) is 31.5 Å². The van der Waals surface area contributed by atoms with Crippen molar-refractivity contribution in [1.82, 2.24) is 5.32 Å². The number of esters is 1. The summed E-state index contributed by atoms with van der Waals surface area (Å²) in [6.45, 7) is 3.02. The van der Waals surface area contributed by atoms with Crippen LogP contribution in [0.3, 0.4) is 0 Å². The Morgan fingerprint density at radius 2 is 2.04 bits per heavy atom. The molecule has 0 radical (unpaired) electrons. The average Bonchev–Trinajstić information content (AvgIpc) is 2.52. The van der Waals surface area contributed by atoms with Gasteiger partial charge >= 0.3 is 5.97 Å². The molecule has 0 aliphatic carbocycles. The Bertz CT molecular complexity index is 636. The fourth-order valence-electron chi connectivity index (χ4n) is 1.95. The van der Waals surface area contributed by atoms with Gasteiger partial charge in [0.2, 0.25) is 5.91 Å². The number of rotatable bonds is 6. The van der Waals surface area contributed by atoms with Crippen molar-refractivity contribution < 1.29 is 19.1 Å². The maximum absolute atomic E-state index is 12.3. The van der Waals surface area contributed by atoms with Crippen molar-refractivity contribution in [3.8, 4) is 6.07 Å². The Balaban J connectivity index is 2.88. The van der Waals surface area contributed by atoms with Crippen molar-refractivity contribution in [2.75, 3.05) is 12.4 Å². The van der Waals surface area contributed by atoms with Gasteiger partial charge in [-0.25, -0.2) is 4.79 Å². The molecule has 23 heavy (non-hydrogen) atoms. The molecular formula is C16H19N3O4. The Labute approximate surface area is 134 Å². The smallest absolute Gasteiger partial charge is 0.328 e. The first-order valence-electron chi connectivity index (χ1n) is 7.03. The minimum absolute atomic E-state index is 0.153. The summed E-state index contributed by atoms with van der Waals surface area (Å²) in [4.78, 5) is 35.1. The number of anilines is 1. The number of nitriles is 1. The van der Waals surface area contributed by atoms with Crippen molar-refractivity contribution in [3.05, 3.63) is 29.8 Å². The second-order valence-electron chi connectivity index (χ2n) is 5.08. The lowest BCUT2D eigenvalue weighted by Gasteiger charge is -2.17. The summed E-state index contributed by atoms with van der Waals surface area (Å²) < 4.78 is 4.65. The standard InChI is InChI=1S/C16H19N3O4/c1-10(9-17)7-14(16(22)23-3)19-15(21)12-5-4-6-13(8-12)18-11(2)20/h4-6,8,10,14H,7H2,1-3H3,(H,18,20)(H,19,21)/t10-,14-/m1/s1. The molecule has 0 aliphatic heterocycles. The van der Waals surface area contributed by atoms with Gasteiger partial charge in [0.25, 0.3) is 5.91 Å². The van der Waals surface area contributed by atoms with Crippen molar-refractivity contribution in [2.45, 2.75) is 26.3 Å². The Morgan fingerprint density at radius 3 is 2.61 bits per heavy atom. The zero-order valence-electron chi connectivity index (χ0n) is 13.3. The van der Waals surface area contributed by atoms with Gasteiger partial charge in [0.05, 0.1) is 13.2 Å². The van der Waals surface area contributed by atoms with Crippen LogP contribution in [0.1, 0.15) is 30.6 Å². The maximum atomic E-state index is 12.3. The average molecular weight is 317 g/mol. The van der Waals surface area contributed by atoms with Crippen LogP contribution in [0.5, 0.6) is 0 Å². The van der Waals surface area contributed by atoms with Gasteiger partial charge in [-0.3, -0.25) is 9.59 Å². The molecule has 0 bridgehead atoms. The molecular weight excluding hydrogens is 298 g/mol. The third-order valence-electron chi connectivity index (χ3n) is 3.05. The highest BCUT2D eigenvalue weighted by molar-refractivity contribution is 5.98. The van der Waals surface area contributed by atoms with Crippen LogP contribution >= 0.6 is 0 Å². The molecule has 0 spiro atoms. The van der Waals surface area contributed by atoms with Crippen LogP contribution in [-0.4, -0.2) is 30.9 Å². The molecule has 0 aromatic heterocycles. The molecule has 0 fully saturated rings. The lowest BCUT2D eigenvalue weighted by molar-refractivity contribution is -0.143. The fourth-order valence-corrected chi connectivity index (χ4v) is 1.95. The van der Waals surface area contributed by atoms with Crippen molar-refractivity contribution in [2.24, 2.45) is 5.92 Å². The molecule has 0 saturated heterocycles. The molecule has 7 nitrogen and oxygen atoms in total. The van der Waals surface area contributed by atoms with Gasteiger partial charge < -0.3 is 15.4 Å². The third kappa shape index (κ3) is 5.79. The Morgan fingerprint density at radius 1 is 1.35 bits per heavy atom. The quantitative estimate of drug-likeness (QED) is 0.772. The predicted molar refractivity (Wildman–Crippen MR) is 83.4 cm³/mol. The largest absolute Gasteiger partial charge is 0.467 e. The predicted octanol–water partition coefficient (Wildman–Crippen LogP) is 1.47. The highest BCUT2D eigenvalue weighted by Gasteiger charge is 2.24. The molecule has 1 aromatic carbocycles. The highest BCUT2D eigenvalue weighted by Crippen LogP contribution is 2.12. The van der Waals surface area contributed by atoms with Gasteiger partial charge in [0, 0.05) is 24.1 Å². The minimum Gasteiger partial charge on any atom is -0.467 e. The van der Waals surface area contributed by atoms with Crippen LogP contribution in [0, 0.1) is 17.2 Å². The molecule has 0 heterocycles. The summed E-state index contributed by atoms with van der Waals surface area (Å²) in [5.74, 6) is -1.76. The van der Waals surface area contributed by atoms with Crippen LogP contribution in [0.4, 0.5) is 5.69 Å². The molecule has 122 valence electrons. The van der Waals surface area contributed by atoms with E-state index in [-0.39, 0.29) is 17.9 Å². The topological polar surface area (TPSA) is 108 Å². The number of hydrogen-bond donors (Lipinski definition) is 2. The lowest BCUT2D eigenvalue weighted by atomic mass is 10.0. The summed E-state index contributed by atoms with van der Waals surface area (Å²) in [6.07, 6.45) is 0.153. The summed E-state index contributed by atoms with van der Waals surface area (Å²) in [7, 11) is 1.22. The van der Waals surface area contributed by atoms with E-state index in [0.29, 0.717) is 5.69 Å². The van der Waals surface area contributed by atoms with E-state index in [0.717, 1.165) is 0 Å². The molecule has 2 amide bonds. The number of carbonyl (C=O) groups is 3. The van der Waals surface area contributed by atoms with E-state index < -0.39 is 23.8 Å². The maximum Gasteiger partial charge on any atom is 0.328 e. The minimum atomic E-state index is -0.911. The summed E-state index contributed by atoms with van der Waals surface area (Å²) in [5.41, 5.74) is 0.764. The molecule has 1 aromatic rings. The van der Waals surface area contributed by atoms with Crippen LogP contribution in [0.15, 0.2) is 24.3 Å². The van der Waals surface area contributed by atoms with Crippen LogP contribution in [-0.2, 0) is 14.3 Å². The molecule has 1 rings (SSSR count). The van der Waals surface area contributed by atoms with Crippen LogP contribution in [0.2, 0.25) is 0 Å². The number of nitrogens with zero attached hydrogens (tertiary/aromatic N) is 1. The number of hydrogen-bond acceptors (Lipinski definition) is 5. The zero-order valence-corrected chi connectivity index (χ0v) is 13.3. The Hall–Kier alpha value is -2.88. The summed E-state index contributed by atoms with van der Waals surface area (Å²) in [6, 6.07) is 7.42. The number of benzene rings is 1. The number of amides is 2. The molecule has 0 saturated carbocycles. The van der Waals surface area contributed by atoms with E-state index in [1.807, 2.05) is 6.07 Å². The van der Waals surface area contributed by atoms with E-state index in [9.17, 15) is 14.4 Å². The van der Waals surface area contributed by atoms with Crippen molar-refractivity contribution >= 4 is 23.5 Å². The van der Waals surface area contributed by atoms with Gasteiger partial charge in [0.15, 0.2) is 0 Å². The number of carbonyl (C=O) groups excluding carboxylic acids is 3. The van der Waals surface area contributed by atoms with E-state index >= 15 is 0 Å². The second-order valence-corrected chi connectivity index (χ2v) is 5.08. The Kier molecular flexibility index (Phi) is 6.74. The molecule has 2 N–H and O–H groups in total. The first kappa shape index (κ1) is 18.2. The molecule has 7 heteroatoms. The first-order valence-corrected chi connectivity index (χ1v) is 7.03. The van der Waals surface area contributed by atoms with E-state index in [1.54, 1.807) is 25.1 Å². The zero-order chi connectivity index (χ0) is 17.4. The van der Waals surface area contributed by atoms with Gasteiger partial charge in [-0.15, -0.1) is 0 Å². The lowest BCUT2D eigenvalue weighted by Crippen LogP contribution is -2.42. The fraction of sp³-hybridized carbons (Fsp3) is 0.375. The first-order chi connectivity index (χ1) is 10.9. The number of methoxy groups -OCH3 is 1. The molecule has 2 atom stereocenters. The normalized spacial score (nSPS) is 12.4. The summed E-state index contributed by atoms with van der Waals surface area (Å²) in [5, 5.41) is 14.0. The SMILES string of the molecule is COC(=O)[C@@H](C[C@@H](C)C#N)NC(=O)c1cccc(NC(C)=O)c1. The van der Waals surface area contributed by atoms with Gasteiger partial charge in [0.1, 0.15) is 6.04 Å². The monoisotopic (exact) mass is 317 g/mol.